The number of carbonyl (C=O) groups is 1. The van der Waals surface area contributed by atoms with Crippen LogP contribution < -0.4 is 0 Å². The maximum atomic E-state index is 12.6. The highest BCUT2D eigenvalue weighted by molar-refractivity contribution is 7.99. The first kappa shape index (κ1) is 18.9. The third kappa shape index (κ3) is 4.19. The molecule has 2 heterocycles. The zero-order valence-corrected chi connectivity index (χ0v) is 16.3. The fourth-order valence-corrected chi connectivity index (χ4v) is 4.85. The number of likely N-dealkylation sites (tertiary alicyclic amines) is 1. The number of nitro groups is 1. The zero-order valence-electron chi connectivity index (χ0n) is 15.5. The Morgan fingerprint density at radius 1 is 1.25 bits per heavy atom. The molecule has 2 aromatic rings. The van der Waals surface area contributed by atoms with Gasteiger partial charge in [0.1, 0.15) is 0 Å². The van der Waals surface area contributed by atoms with Gasteiger partial charge in [0.25, 0.3) is 10.9 Å². The van der Waals surface area contributed by atoms with Crippen LogP contribution in [0, 0.1) is 22.0 Å². The van der Waals surface area contributed by atoms with E-state index in [0.29, 0.717) is 16.7 Å². The van der Waals surface area contributed by atoms with E-state index < -0.39 is 4.92 Å². The molecule has 1 amide bonds. The first-order valence-corrected chi connectivity index (χ1v) is 10.6. The molecule has 4 rings (SSSR count). The van der Waals surface area contributed by atoms with Crippen LogP contribution in [0.2, 0.25) is 0 Å². The first-order chi connectivity index (χ1) is 13.6. The molecule has 9 heteroatoms. The van der Waals surface area contributed by atoms with Gasteiger partial charge in [0, 0.05) is 30.8 Å². The van der Waals surface area contributed by atoms with E-state index in [1.807, 2.05) is 4.90 Å². The van der Waals surface area contributed by atoms with Gasteiger partial charge in [-0.1, -0.05) is 37.1 Å². The number of hydrogen-bond donors (Lipinski definition) is 0. The topological polar surface area (TPSA) is 102 Å². The molecule has 0 N–H and O–H groups in total. The maximum absolute atomic E-state index is 12.6. The fraction of sp³-hybridized carbons (Fsp3) is 0.526. The van der Waals surface area contributed by atoms with E-state index in [2.05, 4.69) is 10.2 Å². The summed E-state index contributed by atoms with van der Waals surface area (Å²) >= 11 is 1.21. The molecule has 0 bridgehead atoms. The van der Waals surface area contributed by atoms with Crippen molar-refractivity contribution >= 4 is 23.4 Å². The van der Waals surface area contributed by atoms with Crippen LogP contribution in [0.25, 0.3) is 11.5 Å². The standard InChI is InChI=1S/C19H22N4O4S/c24-17(22-9-8-13-4-1-2-5-15(13)11-22)12-28-19-21-20-18(27-19)14-6-3-7-16(10-14)23(25)26/h3,6-7,10,13,15H,1-2,4-5,8-9,11-12H2/t13-,15-/m0/s1. The second-order valence-electron chi connectivity index (χ2n) is 7.40. The van der Waals surface area contributed by atoms with Crippen LogP contribution in [0.5, 0.6) is 0 Å². The predicted molar refractivity (Wildman–Crippen MR) is 104 cm³/mol. The van der Waals surface area contributed by atoms with Crippen LogP contribution in [-0.2, 0) is 4.79 Å². The monoisotopic (exact) mass is 402 g/mol. The van der Waals surface area contributed by atoms with Gasteiger partial charge in [-0.3, -0.25) is 14.9 Å². The Labute approximate surface area is 166 Å². The molecule has 2 aliphatic rings. The maximum Gasteiger partial charge on any atom is 0.277 e. The number of non-ortho nitro benzene ring substituents is 1. The number of piperidine rings is 1. The van der Waals surface area contributed by atoms with Crippen LogP contribution in [0.1, 0.15) is 32.1 Å². The Kier molecular flexibility index (Phi) is 5.61. The van der Waals surface area contributed by atoms with E-state index in [9.17, 15) is 14.9 Å². The highest BCUT2D eigenvalue weighted by atomic mass is 32.2. The molecule has 148 valence electrons. The van der Waals surface area contributed by atoms with Gasteiger partial charge in [-0.25, -0.2) is 0 Å². The summed E-state index contributed by atoms with van der Waals surface area (Å²) < 4.78 is 5.58. The van der Waals surface area contributed by atoms with Crippen molar-refractivity contribution in [2.75, 3.05) is 18.8 Å². The summed E-state index contributed by atoms with van der Waals surface area (Å²) in [4.78, 5) is 25.0. The average Bonchev–Trinajstić information content (AvgIpc) is 3.21. The lowest BCUT2D eigenvalue weighted by molar-refractivity contribution is -0.384. The predicted octanol–water partition coefficient (Wildman–Crippen LogP) is 3.78. The summed E-state index contributed by atoms with van der Waals surface area (Å²) in [6, 6.07) is 6.04. The van der Waals surface area contributed by atoms with Gasteiger partial charge in [-0.2, -0.15) is 0 Å². The molecule has 1 aromatic heterocycles. The first-order valence-electron chi connectivity index (χ1n) is 9.59. The summed E-state index contributed by atoms with van der Waals surface area (Å²) in [6.07, 6.45) is 6.26. The number of nitrogens with zero attached hydrogens (tertiary/aromatic N) is 4. The van der Waals surface area contributed by atoms with Crippen LogP contribution in [-0.4, -0.2) is 44.8 Å². The summed E-state index contributed by atoms with van der Waals surface area (Å²) in [5.41, 5.74) is 0.449. The van der Waals surface area contributed by atoms with E-state index in [4.69, 9.17) is 4.42 Å². The Hall–Kier alpha value is -2.42. The third-order valence-electron chi connectivity index (χ3n) is 5.67. The van der Waals surface area contributed by atoms with Gasteiger partial charge in [0.2, 0.25) is 11.8 Å². The summed E-state index contributed by atoms with van der Waals surface area (Å²) in [6.45, 7) is 1.70. The van der Waals surface area contributed by atoms with E-state index in [1.165, 1.54) is 49.6 Å². The van der Waals surface area contributed by atoms with E-state index in [0.717, 1.165) is 25.4 Å². The lowest BCUT2D eigenvalue weighted by Gasteiger charge is -2.41. The molecule has 2 fully saturated rings. The number of hydrogen-bond acceptors (Lipinski definition) is 7. The van der Waals surface area contributed by atoms with Crippen molar-refractivity contribution in [2.24, 2.45) is 11.8 Å². The fourth-order valence-electron chi connectivity index (χ4n) is 4.18. The highest BCUT2D eigenvalue weighted by Crippen LogP contribution is 2.36. The molecule has 1 saturated heterocycles. The number of thioether (sulfide) groups is 1. The molecular formula is C19H22N4O4S. The van der Waals surface area contributed by atoms with E-state index in [-0.39, 0.29) is 23.2 Å². The Balaban J connectivity index is 1.34. The number of carbonyl (C=O) groups excluding carboxylic acids is 1. The number of nitro benzene ring substituents is 1. The van der Waals surface area contributed by atoms with Crippen LogP contribution >= 0.6 is 11.8 Å². The molecule has 1 aliphatic carbocycles. The second-order valence-corrected chi connectivity index (χ2v) is 8.33. The van der Waals surface area contributed by atoms with Gasteiger partial charge in [-0.05, 0) is 30.7 Å². The molecule has 0 radical (unpaired) electrons. The van der Waals surface area contributed by atoms with Crippen molar-refractivity contribution in [1.29, 1.82) is 0 Å². The molecule has 8 nitrogen and oxygen atoms in total. The highest BCUT2D eigenvalue weighted by Gasteiger charge is 2.32. The van der Waals surface area contributed by atoms with Crippen molar-refractivity contribution in [1.82, 2.24) is 15.1 Å². The summed E-state index contributed by atoms with van der Waals surface area (Å²) in [7, 11) is 0. The van der Waals surface area contributed by atoms with Gasteiger partial charge < -0.3 is 9.32 Å². The lowest BCUT2D eigenvalue weighted by atomic mass is 9.75. The molecular weight excluding hydrogens is 380 g/mol. The van der Waals surface area contributed by atoms with Gasteiger partial charge in [-0.15, -0.1) is 10.2 Å². The number of amides is 1. The van der Waals surface area contributed by atoms with Crippen molar-refractivity contribution in [2.45, 2.75) is 37.3 Å². The van der Waals surface area contributed by atoms with Crippen LogP contribution in [0.4, 0.5) is 5.69 Å². The van der Waals surface area contributed by atoms with Crippen LogP contribution in [0.3, 0.4) is 0 Å². The van der Waals surface area contributed by atoms with Gasteiger partial charge in [0.05, 0.1) is 10.7 Å². The number of benzene rings is 1. The summed E-state index contributed by atoms with van der Waals surface area (Å²) in [5, 5.41) is 19.1. The third-order valence-corrected chi connectivity index (χ3v) is 6.48. The quantitative estimate of drug-likeness (QED) is 0.426. The Morgan fingerprint density at radius 2 is 2.07 bits per heavy atom. The minimum atomic E-state index is -0.469. The normalized spacial score (nSPS) is 21.9. The molecule has 28 heavy (non-hydrogen) atoms. The lowest BCUT2D eigenvalue weighted by Crippen LogP contribution is -2.45. The van der Waals surface area contributed by atoms with Crippen molar-refractivity contribution in [3.05, 3.63) is 34.4 Å². The summed E-state index contributed by atoms with van der Waals surface area (Å²) in [5.74, 6) is 2.01. The number of fused-ring (bicyclic) bond motifs is 1. The minimum absolute atomic E-state index is 0.0359. The van der Waals surface area contributed by atoms with Crippen molar-refractivity contribution < 1.29 is 14.1 Å². The van der Waals surface area contributed by atoms with Crippen LogP contribution in [0.15, 0.2) is 33.9 Å². The SMILES string of the molecule is O=C(CSc1nnc(-c2cccc([N+](=O)[O-])c2)o1)N1CC[C@@H]2CCCC[C@H]2C1. The minimum Gasteiger partial charge on any atom is -0.411 e. The van der Waals surface area contributed by atoms with Crippen molar-refractivity contribution in [3.63, 3.8) is 0 Å². The smallest absolute Gasteiger partial charge is 0.277 e. The largest absolute Gasteiger partial charge is 0.411 e. The molecule has 0 unspecified atom stereocenters. The number of aromatic nitrogens is 2. The molecule has 0 spiro atoms. The van der Waals surface area contributed by atoms with Gasteiger partial charge >= 0.3 is 0 Å². The average molecular weight is 402 g/mol. The molecule has 1 aliphatic heterocycles. The molecule has 1 aromatic carbocycles. The molecule has 1 saturated carbocycles. The Morgan fingerprint density at radius 3 is 2.89 bits per heavy atom. The Bertz CT molecular complexity index is 871. The van der Waals surface area contributed by atoms with E-state index in [1.54, 1.807) is 12.1 Å². The van der Waals surface area contributed by atoms with Crippen molar-refractivity contribution in [3.8, 4) is 11.5 Å². The van der Waals surface area contributed by atoms with Gasteiger partial charge in [0.15, 0.2) is 0 Å². The van der Waals surface area contributed by atoms with E-state index >= 15 is 0 Å². The molecule has 2 atom stereocenters. The second kappa shape index (κ2) is 8.30. The zero-order chi connectivity index (χ0) is 19.5. The number of rotatable bonds is 5.